The first kappa shape index (κ1) is 19.5. The van der Waals surface area contributed by atoms with Gasteiger partial charge in [-0.2, -0.15) is 0 Å². The highest BCUT2D eigenvalue weighted by molar-refractivity contribution is 7.17. The predicted octanol–water partition coefficient (Wildman–Crippen LogP) is 5.45. The Morgan fingerprint density at radius 2 is 1.81 bits per heavy atom. The maximum absolute atomic E-state index is 12.1. The van der Waals surface area contributed by atoms with Gasteiger partial charge in [-0.1, -0.05) is 40.6 Å². The van der Waals surface area contributed by atoms with Crippen molar-refractivity contribution in [3.8, 4) is 17.0 Å². The lowest BCUT2D eigenvalue weighted by Crippen LogP contribution is -2.04. The van der Waals surface area contributed by atoms with E-state index >= 15 is 0 Å². The SMILES string of the molecule is CCOC(=O)c1sc(N)nc1-c1ccc(OCc2c(Cl)cccc2Cl)cc1. The van der Waals surface area contributed by atoms with Crippen LogP contribution in [0.4, 0.5) is 5.13 Å². The second kappa shape index (κ2) is 8.61. The first-order chi connectivity index (χ1) is 13.0. The zero-order valence-corrected chi connectivity index (χ0v) is 16.7. The highest BCUT2D eigenvalue weighted by Crippen LogP contribution is 2.32. The Hall–Kier alpha value is -2.28. The van der Waals surface area contributed by atoms with Gasteiger partial charge in [-0.3, -0.25) is 0 Å². The van der Waals surface area contributed by atoms with Crippen LogP contribution < -0.4 is 10.5 Å². The van der Waals surface area contributed by atoms with Crippen LogP contribution in [0.3, 0.4) is 0 Å². The van der Waals surface area contributed by atoms with Crippen molar-refractivity contribution in [3.63, 3.8) is 0 Å². The van der Waals surface area contributed by atoms with Gasteiger partial charge in [0.05, 0.1) is 12.3 Å². The molecule has 0 fully saturated rings. The van der Waals surface area contributed by atoms with Crippen LogP contribution in [0.2, 0.25) is 10.0 Å². The molecule has 0 saturated heterocycles. The minimum atomic E-state index is -0.435. The van der Waals surface area contributed by atoms with Crippen molar-refractivity contribution < 1.29 is 14.3 Å². The maximum Gasteiger partial charge on any atom is 0.350 e. The molecule has 2 N–H and O–H groups in total. The lowest BCUT2D eigenvalue weighted by atomic mass is 10.1. The normalized spacial score (nSPS) is 10.6. The number of halogens is 2. The van der Waals surface area contributed by atoms with Gasteiger partial charge in [0.1, 0.15) is 17.2 Å². The molecule has 3 aromatic rings. The number of nitrogens with zero attached hydrogens (tertiary/aromatic N) is 1. The molecule has 0 bridgehead atoms. The minimum Gasteiger partial charge on any atom is -0.489 e. The van der Waals surface area contributed by atoms with Crippen LogP contribution >= 0.6 is 34.5 Å². The van der Waals surface area contributed by atoms with Crippen molar-refractivity contribution in [3.05, 3.63) is 63.0 Å². The molecule has 0 unspecified atom stereocenters. The van der Waals surface area contributed by atoms with Crippen molar-refractivity contribution in [1.82, 2.24) is 4.98 Å². The molecule has 1 aromatic heterocycles. The molecule has 3 rings (SSSR count). The molecule has 1 heterocycles. The fourth-order valence-corrected chi connectivity index (χ4v) is 3.66. The van der Waals surface area contributed by atoms with Crippen molar-refractivity contribution in [2.45, 2.75) is 13.5 Å². The van der Waals surface area contributed by atoms with Crippen molar-refractivity contribution in [2.24, 2.45) is 0 Å². The fourth-order valence-electron chi connectivity index (χ4n) is 2.40. The van der Waals surface area contributed by atoms with Crippen LogP contribution in [0.25, 0.3) is 11.3 Å². The number of rotatable bonds is 6. The van der Waals surface area contributed by atoms with Gasteiger partial charge >= 0.3 is 5.97 Å². The van der Waals surface area contributed by atoms with E-state index in [9.17, 15) is 4.79 Å². The van der Waals surface area contributed by atoms with Gasteiger partial charge < -0.3 is 15.2 Å². The zero-order chi connectivity index (χ0) is 19.4. The summed E-state index contributed by atoms with van der Waals surface area (Å²) in [6.45, 7) is 2.28. The van der Waals surface area contributed by atoms with E-state index in [4.69, 9.17) is 38.4 Å². The molecule has 0 radical (unpaired) electrons. The average molecular weight is 423 g/mol. The third-order valence-corrected chi connectivity index (χ3v) is 5.25. The molecule has 0 spiro atoms. The number of anilines is 1. The molecule has 0 saturated carbocycles. The third kappa shape index (κ3) is 4.53. The fraction of sp³-hybridized carbons (Fsp3) is 0.158. The second-order valence-electron chi connectivity index (χ2n) is 5.46. The summed E-state index contributed by atoms with van der Waals surface area (Å²) in [4.78, 5) is 16.7. The van der Waals surface area contributed by atoms with E-state index in [-0.39, 0.29) is 13.2 Å². The summed E-state index contributed by atoms with van der Waals surface area (Å²) in [6.07, 6.45) is 0. The summed E-state index contributed by atoms with van der Waals surface area (Å²) in [5.41, 5.74) is 7.74. The number of hydrogen-bond donors (Lipinski definition) is 1. The van der Waals surface area contributed by atoms with Crippen LogP contribution in [-0.4, -0.2) is 17.6 Å². The summed E-state index contributed by atoms with van der Waals surface area (Å²) >= 11 is 13.4. The predicted molar refractivity (Wildman–Crippen MR) is 109 cm³/mol. The standard InChI is InChI=1S/C19H16Cl2N2O3S/c1-2-25-18(24)17-16(23-19(22)27-17)11-6-8-12(9-7-11)26-10-13-14(20)4-3-5-15(13)21/h3-9H,2,10H2,1H3,(H2,22,23). The Morgan fingerprint density at radius 3 is 2.44 bits per heavy atom. The minimum absolute atomic E-state index is 0.246. The van der Waals surface area contributed by atoms with Crippen LogP contribution in [-0.2, 0) is 11.3 Å². The van der Waals surface area contributed by atoms with Crippen molar-refractivity contribution in [2.75, 3.05) is 12.3 Å². The molecule has 2 aromatic carbocycles. The van der Waals surface area contributed by atoms with Crippen LogP contribution in [0.15, 0.2) is 42.5 Å². The van der Waals surface area contributed by atoms with Gasteiger partial charge in [0.25, 0.3) is 0 Å². The van der Waals surface area contributed by atoms with Crippen molar-refractivity contribution >= 4 is 45.6 Å². The number of hydrogen-bond acceptors (Lipinski definition) is 6. The molecule has 27 heavy (non-hydrogen) atoms. The Labute approximate surface area is 170 Å². The molecule has 0 atom stereocenters. The number of nitrogens with two attached hydrogens (primary N) is 1. The summed E-state index contributed by atoms with van der Waals surface area (Å²) in [6, 6.07) is 12.5. The molecule has 140 valence electrons. The number of thiazole rings is 1. The molecule has 8 heteroatoms. The summed E-state index contributed by atoms with van der Waals surface area (Å²) < 4.78 is 10.8. The van der Waals surface area contributed by atoms with E-state index < -0.39 is 5.97 Å². The molecular formula is C19H16Cl2N2O3S. The van der Waals surface area contributed by atoms with Crippen molar-refractivity contribution in [1.29, 1.82) is 0 Å². The smallest absolute Gasteiger partial charge is 0.350 e. The van der Waals surface area contributed by atoms with E-state index in [1.54, 1.807) is 49.4 Å². The van der Waals surface area contributed by atoms with E-state index in [0.29, 0.717) is 31.5 Å². The third-order valence-electron chi connectivity index (χ3n) is 3.68. The maximum atomic E-state index is 12.1. The number of carbonyl (C=O) groups excluding carboxylic acids is 1. The number of carbonyl (C=O) groups is 1. The van der Waals surface area contributed by atoms with Gasteiger partial charge in [-0.25, -0.2) is 9.78 Å². The molecule has 0 aliphatic heterocycles. The van der Waals surface area contributed by atoms with Gasteiger partial charge in [-0.15, -0.1) is 0 Å². The first-order valence-electron chi connectivity index (χ1n) is 8.09. The summed E-state index contributed by atoms with van der Waals surface area (Å²) in [5, 5.41) is 1.41. The van der Waals surface area contributed by atoms with Gasteiger partial charge in [0.2, 0.25) is 0 Å². The molecule has 0 amide bonds. The van der Waals surface area contributed by atoms with E-state index in [0.717, 1.165) is 22.5 Å². The number of benzene rings is 2. The lowest BCUT2D eigenvalue weighted by Gasteiger charge is -2.10. The molecule has 5 nitrogen and oxygen atoms in total. The topological polar surface area (TPSA) is 74.4 Å². The largest absolute Gasteiger partial charge is 0.489 e. The highest BCUT2D eigenvalue weighted by Gasteiger charge is 2.19. The van der Waals surface area contributed by atoms with Gasteiger partial charge in [0.15, 0.2) is 5.13 Å². The van der Waals surface area contributed by atoms with Gasteiger partial charge in [-0.05, 0) is 43.3 Å². The lowest BCUT2D eigenvalue weighted by molar-refractivity contribution is 0.0532. The average Bonchev–Trinajstić information content (AvgIpc) is 3.04. The molecular weight excluding hydrogens is 407 g/mol. The quantitative estimate of drug-likeness (QED) is 0.534. The number of aromatic nitrogens is 1. The second-order valence-corrected chi connectivity index (χ2v) is 7.31. The number of nitrogen functional groups attached to an aromatic ring is 1. The van der Waals surface area contributed by atoms with E-state index in [1.165, 1.54) is 0 Å². The van der Waals surface area contributed by atoms with Crippen LogP contribution in [0.5, 0.6) is 5.75 Å². The summed E-state index contributed by atoms with van der Waals surface area (Å²) in [5.74, 6) is 0.200. The van der Waals surface area contributed by atoms with Crippen LogP contribution in [0, 0.1) is 0 Å². The number of esters is 1. The first-order valence-corrected chi connectivity index (χ1v) is 9.66. The van der Waals surface area contributed by atoms with Crippen LogP contribution in [0.1, 0.15) is 22.2 Å². The van der Waals surface area contributed by atoms with Gasteiger partial charge in [0, 0.05) is 21.2 Å². The highest BCUT2D eigenvalue weighted by atomic mass is 35.5. The van der Waals surface area contributed by atoms with E-state index in [2.05, 4.69) is 4.98 Å². The Balaban J connectivity index is 1.77. The number of ether oxygens (including phenoxy) is 2. The Morgan fingerprint density at radius 1 is 1.15 bits per heavy atom. The summed E-state index contributed by atoms with van der Waals surface area (Å²) in [7, 11) is 0. The Bertz CT molecular complexity index is 938. The van der Waals surface area contributed by atoms with E-state index in [1.807, 2.05) is 0 Å². The Kier molecular flexibility index (Phi) is 6.21. The molecule has 0 aliphatic rings. The zero-order valence-electron chi connectivity index (χ0n) is 14.4. The monoisotopic (exact) mass is 422 g/mol. The molecule has 0 aliphatic carbocycles.